The predicted octanol–water partition coefficient (Wildman–Crippen LogP) is 3.36. The van der Waals surface area contributed by atoms with Crippen molar-refractivity contribution in [2.75, 3.05) is 31.6 Å². The largest absolute Gasteiger partial charge is 0.374 e. The Balaban J connectivity index is 1.45. The van der Waals surface area contributed by atoms with E-state index in [0.29, 0.717) is 23.9 Å². The molecule has 0 bridgehead atoms. The smallest absolute Gasteiger partial charge is 0.319 e. The van der Waals surface area contributed by atoms with Gasteiger partial charge < -0.3 is 15.4 Å². The van der Waals surface area contributed by atoms with Crippen LogP contribution in [0.25, 0.3) is 0 Å². The Morgan fingerprint density at radius 3 is 2.72 bits per heavy atom. The van der Waals surface area contributed by atoms with Crippen molar-refractivity contribution in [3.63, 3.8) is 0 Å². The molecule has 2 aromatic rings. The van der Waals surface area contributed by atoms with Crippen LogP contribution >= 0.6 is 11.6 Å². The van der Waals surface area contributed by atoms with Gasteiger partial charge in [0.15, 0.2) is 0 Å². The van der Waals surface area contributed by atoms with Gasteiger partial charge >= 0.3 is 6.03 Å². The molecule has 1 unspecified atom stereocenters. The van der Waals surface area contributed by atoms with E-state index < -0.39 is 0 Å². The lowest BCUT2D eigenvalue weighted by Gasteiger charge is -2.33. The SMILES string of the molecule is O=C(NCC1CN(Cc2ccccc2)CCO1)Nc1ccccc1Cl. The number of anilines is 1. The number of hydrogen-bond donors (Lipinski definition) is 2. The highest BCUT2D eigenvalue weighted by Gasteiger charge is 2.21. The molecule has 0 radical (unpaired) electrons. The van der Waals surface area contributed by atoms with Gasteiger partial charge in [0, 0.05) is 26.2 Å². The highest BCUT2D eigenvalue weighted by molar-refractivity contribution is 6.33. The summed E-state index contributed by atoms with van der Waals surface area (Å²) in [6, 6.07) is 17.2. The maximum absolute atomic E-state index is 12.0. The van der Waals surface area contributed by atoms with Gasteiger partial charge in [-0.2, -0.15) is 0 Å². The summed E-state index contributed by atoms with van der Waals surface area (Å²) in [4.78, 5) is 14.4. The van der Waals surface area contributed by atoms with Gasteiger partial charge in [-0.15, -0.1) is 0 Å². The van der Waals surface area contributed by atoms with Crippen LogP contribution in [0.2, 0.25) is 5.02 Å². The summed E-state index contributed by atoms with van der Waals surface area (Å²) in [5.41, 5.74) is 1.88. The lowest BCUT2D eigenvalue weighted by molar-refractivity contribution is -0.0285. The molecule has 1 heterocycles. The summed E-state index contributed by atoms with van der Waals surface area (Å²) in [7, 11) is 0. The Morgan fingerprint density at radius 1 is 1.16 bits per heavy atom. The second-order valence-corrected chi connectivity index (χ2v) is 6.44. The molecule has 2 aromatic carbocycles. The van der Waals surface area contributed by atoms with Crippen molar-refractivity contribution in [3.05, 3.63) is 65.2 Å². The molecule has 132 valence electrons. The zero-order valence-corrected chi connectivity index (χ0v) is 14.7. The molecule has 0 spiro atoms. The van der Waals surface area contributed by atoms with Crippen molar-refractivity contribution in [2.45, 2.75) is 12.6 Å². The minimum absolute atomic E-state index is 0.0190. The number of ether oxygens (including phenoxy) is 1. The Labute approximate surface area is 152 Å². The van der Waals surface area contributed by atoms with E-state index in [4.69, 9.17) is 16.3 Å². The van der Waals surface area contributed by atoms with E-state index in [9.17, 15) is 4.79 Å². The summed E-state index contributed by atoms with van der Waals surface area (Å²) in [5, 5.41) is 6.12. The van der Waals surface area contributed by atoms with Crippen molar-refractivity contribution in [1.29, 1.82) is 0 Å². The Morgan fingerprint density at radius 2 is 1.92 bits per heavy atom. The molecule has 5 nitrogen and oxygen atoms in total. The van der Waals surface area contributed by atoms with Gasteiger partial charge in [-0.1, -0.05) is 54.1 Å². The zero-order chi connectivity index (χ0) is 17.5. The molecule has 1 atom stereocenters. The Hall–Kier alpha value is -2.08. The van der Waals surface area contributed by atoms with E-state index in [-0.39, 0.29) is 12.1 Å². The second-order valence-electron chi connectivity index (χ2n) is 6.03. The van der Waals surface area contributed by atoms with E-state index in [0.717, 1.165) is 19.6 Å². The standard InChI is InChI=1S/C19H22ClN3O2/c20-17-8-4-5-9-18(17)22-19(24)21-12-16-14-23(10-11-25-16)13-15-6-2-1-3-7-15/h1-9,16H,10-14H2,(H2,21,22,24). The number of urea groups is 1. The first kappa shape index (κ1) is 17.7. The summed E-state index contributed by atoms with van der Waals surface area (Å²) in [6.45, 7) is 3.72. The number of halogens is 1. The molecule has 1 saturated heterocycles. The fourth-order valence-electron chi connectivity index (χ4n) is 2.82. The molecule has 1 aliphatic heterocycles. The first-order valence-corrected chi connectivity index (χ1v) is 8.76. The van der Waals surface area contributed by atoms with Crippen LogP contribution in [0.15, 0.2) is 54.6 Å². The van der Waals surface area contributed by atoms with Crippen molar-refractivity contribution in [1.82, 2.24) is 10.2 Å². The van der Waals surface area contributed by atoms with E-state index in [1.807, 2.05) is 30.3 Å². The number of amides is 2. The molecule has 25 heavy (non-hydrogen) atoms. The number of rotatable bonds is 5. The van der Waals surface area contributed by atoms with Gasteiger partial charge in [0.2, 0.25) is 0 Å². The minimum Gasteiger partial charge on any atom is -0.374 e. The number of nitrogens with zero attached hydrogens (tertiary/aromatic N) is 1. The molecule has 3 rings (SSSR count). The number of para-hydroxylation sites is 1. The molecule has 2 N–H and O–H groups in total. The van der Waals surface area contributed by atoms with Crippen LogP contribution in [0, 0.1) is 0 Å². The quantitative estimate of drug-likeness (QED) is 0.860. The molecule has 0 aromatic heterocycles. The highest BCUT2D eigenvalue weighted by atomic mass is 35.5. The van der Waals surface area contributed by atoms with Gasteiger partial charge in [-0.05, 0) is 17.7 Å². The lowest BCUT2D eigenvalue weighted by Crippen LogP contribution is -2.47. The third-order valence-electron chi connectivity index (χ3n) is 4.08. The Bertz CT molecular complexity index is 696. The van der Waals surface area contributed by atoms with Gasteiger partial charge in [0.1, 0.15) is 0 Å². The van der Waals surface area contributed by atoms with Crippen LogP contribution in [0.4, 0.5) is 10.5 Å². The second kappa shape index (κ2) is 8.85. The molecule has 0 aliphatic carbocycles. The maximum Gasteiger partial charge on any atom is 0.319 e. The fraction of sp³-hybridized carbons (Fsp3) is 0.316. The van der Waals surface area contributed by atoms with Crippen LogP contribution < -0.4 is 10.6 Å². The number of benzene rings is 2. The van der Waals surface area contributed by atoms with Crippen LogP contribution in [0.5, 0.6) is 0 Å². The summed E-state index contributed by atoms with van der Waals surface area (Å²) in [6.07, 6.45) is -0.0190. The van der Waals surface area contributed by atoms with E-state index >= 15 is 0 Å². The predicted molar refractivity (Wildman–Crippen MR) is 99.9 cm³/mol. The average Bonchev–Trinajstić information content (AvgIpc) is 2.63. The Kier molecular flexibility index (Phi) is 6.28. The monoisotopic (exact) mass is 359 g/mol. The number of nitrogens with one attached hydrogen (secondary N) is 2. The number of carbonyl (C=O) groups is 1. The van der Waals surface area contributed by atoms with E-state index in [1.54, 1.807) is 12.1 Å². The van der Waals surface area contributed by atoms with E-state index in [2.05, 4.69) is 27.7 Å². The number of morpholine rings is 1. The first-order chi connectivity index (χ1) is 12.2. The van der Waals surface area contributed by atoms with Gasteiger partial charge in [0.05, 0.1) is 23.4 Å². The van der Waals surface area contributed by atoms with Crippen molar-refractivity contribution in [2.24, 2.45) is 0 Å². The first-order valence-electron chi connectivity index (χ1n) is 8.38. The lowest BCUT2D eigenvalue weighted by atomic mass is 10.2. The van der Waals surface area contributed by atoms with Gasteiger partial charge in [0.25, 0.3) is 0 Å². The minimum atomic E-state index is -0.281. The number of carbonyl (C=O) groups excluding carboxylic acids is 1. The van der Waals surface area contributed by atoms with Crippen molar-refractivity contribution >= 4 is 23.3 Å². The molecular formula is C19H22ClN3O2. The van der Waals surface area contributed by atoms with Crippen LogP contribution in [-0.4, -0.2) is 43.3 Å². The third-order valence-corrected chi connectivity index (χ3v) is 4.41. The summed E-state index contributed by atoms with van der Waals surface area (Å²) < 4.78 is 5.76. The topological polar surface area (TPSA) is 53.6 Å². The van der Waals surface area contributed by atoms with Crippen molar-refractivity contribution in [3.8, 4) is 0 Å². The van der Waals surface area contributed by atoms with Crippen LogP contribution in [-0.2, 0) is 11.3 Å². The molecule has 0 saturated carbocycles. The molecular weight excluding hydrogens is 338 g/mol. The number of hydrogen-bond acceptors (Lipinski definition) is 3. The zero-order valence-electron chi connectivity index (χ0n) is 14.0. The average molecular weight is 360 g/mol. The van der Waals surface area contributed by atoms with Crippen molar-refractivity contribution < 1.29 is 9.53 Å². The molecule has 2 amide bonds. The highest BCUT2D eigenvalue weighted by Crippen LogP contribution is 2.20. The third kappa shape index (κ3) is 5.46. The maximum atomic E-state index is 12.0. The summed E-state index contributed by atoms with van der Waals surface area (Å²) in [5.74, 6) is 0. The van der Waals surface area contributed by atoms with Gasteiger partial charge in [-0.3, -0.25) is 4.90 Å². The van der Waals surface area contributed by atoms with Crippen LogP contribution in [0.1, 0.15) is 5.56 Å². The summed E-state index contributed by atoms with van der Waals surface area (Å²) >= 11 is 6.04. The molecule has 1 aliphatic rings. The molecule has 1 fully saturated rings. The normalized spacial score (nSPS) is 17.9. The van der Waals surface area contributed by atoms with Crippen LogP contribution in [0.3, 0.4) is 0 Å². The fourth-order valence-corrected chi connectivity index (χ4v) is 3.01. The molecule has 6 heteroatoms. The van der Waals surface area contributed by atoms with Gasteiger partial charge in [-0.25, -0.2) is 4.79 Å². The van der Waals surface area contributed by atoms with E-state index in [1.165, 1.54) is 5.56 Å².